The summed E-state index contributed by atoms with van der Waals surface area (Å²) < 4.78 is 0. The Labute approximate surface area is 110 Å². The van der Waals surface area contributed by atoms with Gasteiger partial charge in [-0.25, -0.2) is 4.98 Å². The molecule has 90 valence electrons. The molecular formula is C14H13N3S. The molecule has 0 aliphatic rings. The molecule has 0 unspecified atom stereocenters. The van der Waals surface area contributed by atoms with E-state index in [0.29, 0.717) is 0 Å². The van der Waals surface area contributed by atoms with Crippen LogP contribution in [0.1, 0.15) is 10.7 Å². The summed E-state index contributed by atoms with van der Waals surface area (Å²) in [5.41, 5.74) is 3.20. The Hall–Kier alpha value is -1.94. The van der Waals surface area contributed by atoms with Crippen LogP contribution in [0.2, 0.25) is 0 Å². The Bertz CT molecular complexity index is 675. The van der Waals surface area contributed by atoms with Gasteiger partial charge in [-0.2, -0.15) is 0 Å². The van der Waals surface area contributed by atoms with E-state index in [9.17, 15) is 0 Å². The number of nitrogens with one attached hydrogen (secondary N) is 1. The van der Waals surface area contributed by atoms with Crippen LogP contribution in [-0.4, -0.2) is 9.97 Å². The molecule has 0 aliphatic heterocycles. The first-order valence-electron chi connectivity index (χ1n) is 5.81. The van der Waals surface area contributed by atoms with Crippen LogP contribution in [0.4, 0.5) is 5.69 Å². The summed E-state index contributed by atoms with van der Waals surface area (Å²) in [6.07, 6.45) is 1.81. The lowest BCUT2D eigenvalue weighted by atomic mass is 10.2. The molecule has 0 spiro atoms. The quantitative estimate of drug-likeness (QED) is 0.777. The number of anilines is 1. The third kappa shape index (κ3) is 2.33. The van der Waals surface area contributed by atoms with E-state index in [-0.39, 0.29) is 0 Å². The highest BCUT2D eigenvalue weighted by Gasteiger charge is 2.00. The largest absolute Gasteiger partial charge is 0.379 e. The third-order valence-corrected chi connectivity index (χ3v) is 3.68. The predicted octanol–water partition coefficient (Wildman–Crippen LogP) is 3.61. The molecule has 0 radical (unpaired) electrons. The molecule has 2 heterocycles. The van der Waals surface area contributed by atoms with Crippen LogP contribution in [0, 0.1) is 6.92 Å². The van der Waals surface area contributed by atoms with E-state index in [1.54, 1.807) is 11.3 Å². The molecule has 1 aromatic carbocycles. The van der Waals surface area contributed by atoms with Crippen molar-refractivity contribution in [2.24, 2.45) is 0 Å². The van der Waals surface area contributed by atoms with Crippen molar-refractivity contribution in [2.75, 3.05) is 5.32 Å². The first-order valence-corrected chi connectivity index (χ1v) is 6.69. The molecule has 0 amide bonds. The zero-order valence-corrected chi connectivity index (χ0v) is 10.9. The standard InChI is InChI=1S/C14H13N3S/c1-10-9-18-14(17-10)8-16-12-4-5-13-11(7-12)3-2-6-15-13/h2-7,9,16H,8H2,1H3. The second-order valence-corrected chi connectivity index (χ2v) is 5.09. The topological polar surface area (TPSA) is 37.8 Å². The Kier molecular flexibility index (Phi) is 2.94. The Morgan fingerprint density at radius 3 is 3.06 bits per heavy atom. The van der Waals surface area contributed by atoms with E-state index < -0.39 is 0 Å². The number of aryl methyl sites for hydroxylation is 1. The summed E-state index contributed by atoms with van der Waals surface area (Å²) >= 11 is 1.69. The van der Waals surface area contributed by atoms with Gasteiger partial charge in [0, 0.05) is 28.3 Å². The summed E-state index contributed by atoms with van der Waals surface area (Å²) in [5, 5.41) is 7.72. The lowest BCUT2D eigenvalue weighted by Crippen LogP contribution is -1.98. The zero-order chi connectivity index (χ0) is 12.4. The van der Waals surface area contributed by atoms with Crippen LogP contribution >= 0.6 is 11.3 Å². The summed E-state index contributed by atoms with van der Waals surface area (Å²) in [5.74, 6) is 0. The lowest BCUT2D eigenvalue weighted by Gasteiger charge is -2.05. The number of benzene rings is 1. The van der Waals surface area contributed by atoms with E-state index in [1.165, 1.54) is 0 Å². The second kappa shape index (κ2) is 4.74. The number of hydrogen-bond acceptors (Lipinski definition) is 4. The summed E-state index contributed by atoms with van der Waals surface area (Å²) in [6.45, 7) is 2.78. The minimum absolute atomic E-state index is 0.768. The fourth-order valence-corrected chi connectivity index (χ4v) is 2.56. The molecular weight excluding hydrogens is 242 g/mol. The lowest BCUT2D eigenvalue weighted by molar-refractivity contribution is 1.08. The number of pyridine rings is 1. The van der Waals surface area contributed by atoms with Gasteiger partial charge in [0.15, 0.2) is 0 Å². The van der Waals surface area contributed by atoms with Crippen molar-refractivity contribution in [2.45, 2.75) is 13.5 Å². The second-order valence-electron chi connectivity index (χ2n) is 4.15. The van der Waals surface area contributed by atoms with Gasteiger partial charge in [-0.15, -0.1) is 11.3 Å². The van der Waals surface area contributed by atoms with E-state index in [2.05, 4.69) is 38.9 Å². The Morgan fingerprint density at radius 1 is 1.28 bits per heavy atom. The monoisotopic (exact) mass is 255 g/mol. The summed E-state index contributed by atoms with van der Waals surface area (Å²) in [6, 6.07) is 10.2. The van der Waals surface area contributed by atoms with Crippen molar-refractivity contribution in [3.63, 3.8) is 0 Å². The number of nitrogens with zero attached hydrogens (tertiary/aromatic N) is 2. The van der Waals surface area contributed by atoms with E-state index in [1.807, 2.05) is 25.3 Å². The van der Waals surface area contributed by atoms with Crippen LogP contribution in [0.3, 0.4) is 0 Å². The third-order valence-electron chi connectivity index (χ3n) is 2.71. The van der Waals surface area contributed by atoms with Crippen LogP contribution in [0.5, 0.6) is 0 Å². The van der Waals surface area contributed by atoms with E-state index in [4.69, 9.17) is 0 Å². The molecule has 0 saturated carbocycles. The van der Waals surface area contributed by atoms with Gasteiger partial charge in [-0.05, 0) is 31.2 Å². The first kappa shape index (κ1) is 11.2. The van der Waals surface area contributed by atoms with Crippen molar-refractivity contribution < 1.29 is 0 Å². The van der Waals surface area contributed by atoms with Gasteiger partial charge in [-0.1, -0.05) is 6.07 Å². The molecule has 0 atom stereocenters. The molecule has 0 fully saturated rings. The van der Waals surface area contributed by atoms with Crippen molar-refractivity contribution >= 4 is 27.9 Å². The van der Waals surface area contributed by atoms with Crippen molar-refractivity contribution in [3.05, 3.63) is 52.6 Å². The fourth-order valence-electron chi connectivity index (χ4n) is 1.85. The normalized spacial score (nSPS) is 10.7. The Morgan fingerprint density at radius 2 is 2.22 bits per heavy atom. The Balaban J connectivity index is 1.78. The minimum atomic E-state index is 0.768. The summed E-state index contributed by atoms with van der Waals surface area (Å²) in [7, 11) is 0. The molecule has 3 rings (SSSR count). The van der Waals surface area contributed by atoms with Crippen LogP contribution in [0.25, 0.3) is 10.9 Å². The van der Waals surface area contributed by atoms with Gasteiger partial charge in [0.25, 0.3) is 0 Å². The van der Waals surface area contributed by atoms with E-state index in [0.717, 1.165) is 33.8 Å². The molecule has 1 N–H and O–H groups in total. The smallest absolute Gasteiger partial charge is 0.112 e. The highest BCUT2D eigenvalue weighted by Crippen LogP contribution is 2.18. The van der Waals surface area contributed by atoms with Crippen molar-refractivity contribution in [1.82, 2.24) is 9.97 Å². The van der Waals surface area contributed by atoms with Crippen molar-refractivity contribution in [1.29, 1.82) is 0 Å². The molecule has 18 heavy (non-hydrogen) atoms. The zero-order valence-electron chi connectivity index (χ0n) is 10.1. The average molecular weight is 255 g/mol. The number of thiazole rings is 1. The predicted molar refractivity (Wildman–Crippen MR) is 75.9 cm³/mol. The van der Waals surface area contributed by atoms with Crippen LogP contribution < -0.4 is 5.32 Å². The summed E-state index contributed by atoms with van der Waals surface area (Å²) in [4.78, 5) is 8.74. The van der Waals surface area contributed by atoms with Gasteiger partial charge in [0.05, 0.1) is 12.1 Å². The molecule has 0 saturated heterocycles. The highest BCUT2D eigenvalue weighted by molar-refractivity contribution is 7.09. The molecule has 3 nitrogen and oxygen atoms in total. The van der Waals surface area contributed by atoms with Crippen molar-refractivity contribution in [3.8, 4) is 0 Å². The maximum Gasteiger partial charge on any atom is 0.112 e. The highest BCUT2D eigenvalue weighted by atomic mass is 32.1. The average Bonchev–Trinajstić information content (AvgIpc) is 2.82. The molecule has 2 aromatic heterocycles. The van der Waals surface area contributed by atoms with Gasteiger partial charge < -0.3 is 5.32 Å². The molecule has 3 aromatic rings. The maximum atomic E-state index is 4.43. The number of fused-ring (bicyclic) bond motifs is 1. The minimum Gasteiger partial charge on any atom is -0.379 e. The molecule has 0 bridgehead atoms. The molecule has 0 aliphatic carbocycles. The SMILES string of the molecule is Cc1csc(CNc2ccc3ncccc3c2)n1. The number of rotatable bonds is 3. The van der Waals surface area contributed by atoms with Crippen LogP contribution in [-0.2, 0) is 6.54 Å². The van der Waals surface area contributed by atoms with Gasteiger partial charge in [0.1, 0.15) is 5.01 Å². The number of hydrogen-bond donors (Lipinski definition) is 1. The van der Waals surface area contributed by atoms with Crippen LogP contribution in [0.15, 0.2) is 41.9 Å². The fraction of sp³-hybridized carbons (Fsp3) is 0.143. The first-order chi connectivity index (χ1) is 8.81. The maximum absolute atomic E-state index is 4.43. The van der Waals surface area contributed by atoms with Gasteiger partial charge in [-0.3, -0.25) is 4.98 Å². The van der Waals surface area contributed by atoms with E-state index >= 15 is 0 Å². The number of aromatic nitrogens is 2. The van der Waals surface area contributed by atoms with Gasteiger partial charge >= 0.3 is 0 Å². The molecule has 4 heteroatoms. The van der Waals surface area contributed by atoms with Gasteiger partial charge in [0.2, 0.25) is 0 Å².